The van der Waals surface area contributed by atoms with Crippen molar-refractivity contribution in [2.75, 3.05) is 37.0 Å². The lowest BCUT2D eigenvalue weighted by molar-refractivity contribution is -0.117. The highest BCUT2D eigenvalue weighted by Crippen LogP contribution is 2.29. The first-order valence-electron chi connectivity index (χ1n) is 7.43. The lowest BCUT2D eigenvalue weighted by atomic mass is 10.2. The summed E-state index contributed by atoms with van der Waals surface area (Å²) in [6.07, 6.45) is 0.931. The molecule has 1 aliphatic rings. The smallest absolute Gasteiger partial charge is 0.246 e. The van der Waals surface area contributed by atoms with E-state index in [0.29, 0.717) is 6.54 Å². The molecule has 0 unspecified atom stereocenters. The molecule has 1 amide bonds. The summed E-state index contributed by atoms with van der Waals surface area (Å²) in [6, 6.07) is 15.8. The second-order valence-electron chi connectivity index (χ2n) is 5.45. The van der Waals surface area contributed by atoms with Gasteiger partial charge in [0.15, 0.2) is 0 Å². The minimum absolute atomic E-state index is 0.110. The Hall–Kier alpha value is -2.49. The Labute approximate surface area is 130 Å². The van der Waals surface area contributed by atoms with Crippen LogP contribution in [-0.2, 0) is 11.2 Å². The number of anilines is 2. The van der Waals surface area contributed by atoms with Crippen LogP contribution >= 0.6 is 0 Å². The fourth-order valence-electron chi connectivity index (χ4n) is 2.92. The van der Waals surface area contributed by atoms with Gasteiger partial charge in [-0.3, -0.25) is 4.79 Å². The Morgan fingerprint density at radius 3 is 2.73 bits per heavy atom. The maximum absolute atomic E-state index is 12.6. The number of carbonyl (C=O) groups is 1. The molecule has 3 rings (SSSR count). The summed E-state index contributed by atoms with van der Waals surface area (Å²) in [7, 11) is 3.56. The van der Waals surface area contributed by atoms with Crippen LogP contribution in [0.1, 0.15) is 5.56 Å². The van der Waals surface area contributed by atoms with Crippen LogP contribution in [0.25, 0.3) is 0 Å². The van der Waals surface area contributed by atoms with Gasteiger partial charge in [0.25, 0.3) is 0 Å². The molecule has 1 heterocycles. The zero-order valence-corrected chi connectivity index (χ0v) is 13.0. The number of rotatable bonds is 4. The third kappa shape index (κ3) is 2.64. The van der Waals surface area contributed by atoms with Crippen LogP contribution in [0.5, 0.6) is 5.75 Å². The van der Waals surface area contributed by atoms with E-state index in [1.165, 1.54) is 5.56 Å². The zero-order chi connectivity index (χ0) is 15.5. The Morgan fingerprint density at radius 1 is 1.18 bits per heavy atom. The van der Waals surface area contributed by atoms with E-state index in [0.717, 1.165) is 30.1 Å². The maximum atomic E-state index is 12.6. The predicted octanol–water partition coefficient (Wildman–Crippen LogP) is 2.72. The van der Waals surface area contributed by atoms with Crippen molar-refractivity contribution in [3.8, 4) is 5.75 Å². The van der Waals surface area contributed by atoms with Gasteiger partial charge in [-0.25, -0.2) is 0 Å². The summed E-state index contributed by atoms with van der Waals surface area (Å²) >= 11 is 0. The van der Waals surface area contributed by atoms with Gasteiger partial charge >= 0.3 is 0 Å². The van der Waals surface area contributed by atoms with Gasteiger partial charge < -0.3 is 14.5 Å². The van der Waals surface area contributed by atoms with Crippen LogP contribution in [0.4, 0.5) is 11.4 Å². The Kier molecular flexibility index (Phi) is 4.00. The quantitative estimate of drug-likeness (QED) is 0.869. The van der Waals surface area contributed by atoms with Crippen LogP contribution in [-0.4, -0.2) is 33.2 Å². The highest BCUT2D eigenvalue weighted by Gasteiger charge is 2.25. The normalized spacial score (nSPS) is 12.9. The molecule has 1 aliphatic heterocycles. The van der Waals surface area contributed by atoms with Crippen LogP contribution in [0, 0.1) is 0 Å². The van der Waals surface area contributed by atoms with Crippen LogP contribution in [0.2, 0.25) is 0 Å². The highest BCUT2D eigenvalue weighted by molar-refractivity contribution is 5.98. The van der Waals surface area contributed by atoms with E-state index in [4.69, 9.17) is 4.74 Å². The summed E-state index contributed by atoms with van der Waals surface area (Å²) < 4.78 is 5.36. The van der Waals surface area contributed by atoms with Gasteiger partial charge in [0.05, 0.1) is 19.3 Å². The fourth-order valence-corrected chi connectivity index (χ4v) is 2.92. The molecule has 0 saturated heterocycles. The van der Waals surface area contributed by atoms with E-state index in [2.05, 4.69) is 6.07 Å². The number of fused-ring (bicyclic) bond motifs is 1. The van der Waals surface area contributed by atoms with Gasteiger partial charge in [-0.1, -0.05) is 30.3 Å². The number of nitrogens with zero attached hydrogens (tertiary/aromatic N) is 2. The Morgan fingerprint density at radius 2 is 1.91 bits per heavy atom. The molecular formula is C18H20N2O2. The molecule has 2 aromatic rings. The summed E-state index contributed by atoms with van der Waals surface area (Å²) in [6.45, 7) is 1.09. The number of methoxy groups -OCH3 is 1. The number of benzene rings is 2. The average Bonchev–Trinajstić information content (AvgIpc) is 2.98. The zero-order valence-electron chi connectivity index (χ0n) is 13.0. The van der Waals surface area contributed by atoms with Gasteiger partial charge in [0, 0.05) is 19.3 Å². The summed E-state index contributed by atoms with van der Waals surface area (Å²) in [5.41, 5.74) is 3.21. The summed E-state index contributed by atoms with van der Waals surface area (Å²) in [4.78, 5) is 16.4. The summed E-state index contributed by atoms with van der Waals surface area (Å²) in [5.74, 6) is 0.887. The molecule has 4 heteroatoms. The molecule has 0 radical (unpaired) electrons. The SMILES string of the molecule is COc1ccccc1N(C)CC(=O)N1CCc2ccccc21. The van der Waals surface area contributed by atoms with Crippen molar-refractivity contribution in [3.63, 3.8) is 0 Å². The molecule has 0 saturated carbocycles. The third-order valence-electron chi connectivity index (χ3n) is 4.06. The van der Waals surface area contributed by atoms with Crippen molar-refractivity contribution < 1.29 is 9.53 Å². The predicted molar refractivity (Wildman–Crippen MR) is 88.8 cm³/mol. The van der Waals surface area contributed by atoms with E-state index in [1.54, 1.807) is 7.11 Å². The number of carbonyl (C=O) groups excluding carboxylic acids is 1. The van der Waals surface area contributed by atoms with Crippen LogP contribution < -0.4 is 14.5 Å². The van der Waals surface area contributed by atoms with Crippen LogP contribution in [0.3, 0.4) is 0 Å². The molecule has 4 nitrogen and oxygen atoms in total. The first kappa shape index (κ1) is 14.4. The Balaban J connectivity index is 1.75. The maximum Gasteiger partial charge on any atom is 0.246 e. The second-order valence-corrected chi connectivity index (χ2v) is 5.45. The monoisotopic (exact) mass is 296 g/mol. The van der Waals surface area contributed by atoms with Gasteiger partial charge in [-0.2, -0.15) is 0 Å². The van der Waals surface area contributed by atoms with Crippen molar-refractivity contribution in [1.29, 1.82) is 0 Å². The van der Waals surface area contributed by atoms with E-state index in [1.807, 2.05) is 59.3 Å². The first-order chi connectivity index (χ1) is 10.7. The summed E-state index contributed by atoms with van der Waals surface area (Å²) in [5, 5.41) is 0. The first-order valence-corrected chi connectivity index (χ1v) is 7.43. The van der Waals surface area contributed by atoms with Crippen molar-refractivity contribution in [2.45, 2.75) is 6.42 Å². The van der Waals surface area contributed by atoms with Gasteiger partial charge in [0.2, 0.25) is 5.91 Å². The molecule has 0 bridgehead atoms. The van der Waals surface area contributed by atoms with Crippen molar-refractivity contribution >= 4 is 17.3 Å². The van der Waals surface area contributed by atoms with Crippen LogP contribution in [0.15, 0.2) is 48.5 Å². The highest BCUT2D eigenvalue weighted by atomic mass is 16.5. The number of hydrogen-bond donors (Lipinski definition) is 0. The molecule has 0 N–H and O–H groups in total. The molecule has 2 aromatic carbocycles. The van der Waals surface area contributed by atoms with Crippen molar-refractivity contribution in [2.24, 2.45) is 0 Å². The average molecular weight is 296 g/mol. The van der Waals surface area contributed by atoms with E-state index >= 15 is 0 Å². The number of hydrogen-bond acceptors (Lipinski definition) is 3. The largest absolute Gasteiger partial charge is 0.495 e. The fraction of sp³-hybridized carbons (Fsp3) is 0.278. The van der Waals surface area contributed by atoms with E-state index < -0.39 is 0 Å². The number of likely N-dealkylation sites (N-methyl/N-ethyl adjacent to an activating group) is 1. The minimum atomic E-state index is 0.110. The topological polar surface area (TPSA) is 32.8 Å². The molecule has 0 atom stereocenters. The lowest BCUT2D eigenvalue weighted by Gasteiger charge is -2.24. The molecule has 0 spiro atoms. The van der Waals surface area contributed by atoms with Gasteiger partial charge in [-0.05, 0) is 30.2 Å². The van der Waals surface area contributed by atoms with E-state index in [9.17, 15) is 4.79 Å². The van der Waals surface area contributed by atoms with Gasteiger partial charge in [0.1, 0.15) is 5.75 Å². The molecule has 0 fully saturated rings. The molecule has 0 aromatic heterocycles. The molecule has 0 aliphatic carbocycles. The van der Waals surface area contributed by atoms with Gasteiger partial charge in [-0.15, -0.1) is 0 Å². The standard InChI is InChI=1S/C18H20N2O2/c1-19(16-9-5-6-10-17(16)22-2)13-18(21)20-12-11-14-7-3-4-8-15(14)20/h3-10H,11-13H2,1-2H3. The second kappa shape index (κ2) is 6.10. The molecule has 114 valence electrons. The van der Waals surface area contributed by atoms with Crippen molar-refractivity contribution in [1.82, 2.24) is 0 Å². The number of amides is 1. The lowest BCUT2D eigenvalue weighted by Crippen LogP contribution is -2.38. The molecule has 22 heavy (non-hydrogen) atoms. The third-order valence-corrected chi connectivity index (χ3v) is 4.06. The van der Waals surface area contributed by atoms with Crippen molar-refractivity contribution in [3.05, 3.63) is 54.1 Å². The molecular weight excluding hydrogens is 276 g/mol. The number of para-hydroxylation sites is 3. The van der Waals surface area contributed by atoms with E-state index in [-0.39, 0.29) is 5.91 Å². The minimum Gasteiger partial charge on any atom is -0.495 e. The Bertz CT molecular complexity index is 684. The number of ether oxygens (including phenoxy) is 1.